The summed E-state index contributed by atoms with van der Waals surface area (Å²) in [6.07, 6.45) is 2.69. The van der Waals surface area contributed by atoms with E-state index >= 15 is 0 Å². The molecule has 4 rings (SSSR count). The molecule has 1 aromatic heterocycles. The van der Waals surface area contributed by atoms with Crippen molar-refractivity contribution in [3.05, 3.63) is 124 Å². The molecule has 0 saturated heterocycles. The molecule has 7 nitrogen and oxygen atoms in total. The van der Waals surface area contributed by atoms with E-state index in [4.69, 9.17) is 11.6 Å². The van der Waals surface area contributed by atoms with Crippen molar-refractivity contribution in [3.63, 3.8) is 0 Å². The molecule has 0 spiro atoms. The van der Waals surface area contributed by atoms with Gasteiger partial charge >= 0.3 is 6.03 Å². The number of hydrogen-bond acceptors (Lipinski definition) is 3. The number of amides is 3. The first-order valence-corrected chi connectivity index (χ1v) is 11.8. The molecule has 1 unspecified atom stereocenters. The van der Waals surface area contributed by atoms with E-state index in [0.717, 1.165) is 5.56 Å². The van der Waals surface area contributed by atoms with Crippen LogP contribution in [0, 0.1) is 0 Å². The number of halogens is 1. The van der Waals surface area contributed by atoms with Crippen LogP contribution in [0.1, 0.15) is 12.0 Å². The summed E-state index contributed by atoms with van der Waals surface area (Å²) in [5, 5.41) is 8.92. The maximum atomic E-state index is 13.1. The van der Waals surface area contributed by atoms with Gasteiger partial charge in [-0.05, 0) is 73.0 Å². The second-order valence-electron chi connectivity index (χ2n) is 8.13. The molecule has 0 aliphatic carbocycles. The summed E-state index contributed by atoms with van der Waals surface area (Å²) in [5.41, 5.74) is 2.71. The molecule has 182 valence electrons. The Morgan fingerprint density at radius 2 is 1.42 bits per heavy atom. The predicted molar refractivity (Wildman–Crippen MR) is 143 cm³/mol. The molecule has 36 heavy (non-hydrogen) atoms. The number of carbonyl (C=O) groups excluding carboxylic acids is 2. The van der Waals surface area contributed by atoms with Crippen molar-refractivity contribution < 1.29 is 9.59 Å². The normalized spacial score (nSPS) is 11.4. The number of urea groups is 1. The highest BCUT2D eigenvalue weighted by Crippen LogP contribution is 2.15. The molecule has 0 aliphatic heterocycles. The average Bonchev–Trinajstić information content (AvgIpc) is 2.89. The number of benzene rings is 3. The number of hydrogen-bond donors (Lipinski definition) is 3. The lowest BCUT2D eigenvalue weighted by molar-refractivity contribution is -0.118. The van der Waals surface area contributed by atoms with Crippen molar-refractivity contribution in [2.45, 2.75) is 18.9 Å². The fourth-order valence-electron chi connectivity index (χ4n) is 3.66. The van der Waals surface area contributed by atoms with Crippen molar-refractivity contribution in [2.75, 3.05) is 10.6 Å². The lowest BCUT2D eigenvalue weighted by atomic mass is 10.0. The molecule has 3 amide bonds. The van der Waals surface area contributed by atoms with E-state index in [1.165, 1.54) is 10.6 Å². The van der Waals surface area contributed by atoms with Gasteiger partial charge in [0.15, 0.2) is 0 Å². The van der Waals surface area contributed by atoms with E-state index < -0.39 is 12.1 Å². The summed E-state index contributed by atoms with van der Waals surface area (Å²) >= 11 is 5.90. The Kier molecular flexibility index (Phi) is 8.16. The number of carbonyl (C=O) groups is 2. The summed E-state index contributed by atoms with van der Waals surface area (Å²) in [7, 11) is 0. The van der Waals surface area contributed by atoms with Crippen molar-refractivity contribution >= 4 is 34.9 Å². The van der Waals surface area contributed by atoms with Gasteiger partial charge in [-0.3, -0.25) is 14.2 Å². The number of nitrogens with one attached hydrogen (secondary N) is 3. The molecule has 3 N–H and O–H groups in total. The Labute approximate surface area is 213 Å². The largest absolute Gasteiger partial charge is 0.326 e. The quantitative estimate of drug-likeness (QED) is 0.308. The summed E-state index contributed by atoms with van der Waals surface area (Å²) in [5.74, 6) is -0.346. The Bertz CT molecular complexity index is 1370. The molecular weight excluding hydrogens is 476 g/mol. The molecule has 0 bridgehead atoms. The molecule has 0 radical (unpaired) electrons. The molecule has 1 heterocycles. The molecule has 0 saturated carbocycles. The highest BCUT2D eigenvalue weighted by atomic mass is 35.5. The van der Waals surface area contributed by atoms with Gasteiger partial charge in [-0.15, -0.1) is 0 Å². The molecule has 0 fully saturated rings. The van der Waals surface area contributed by atoms with Crippen LogP contribution in [-0.2, 0) is 11.2 Å². The first-order valence-electron chi connectivity index (χ1n) is 11.4. The van der Waals surface area contributed by atoms with E-state index in [0.29, 0.717) is 34.9 Å². The first-order chi connectivity index (χ1) is 17.5. The summed E-state index contributed by atoms with van der Waals surface area (Å²) in [4.78, 5) is 37.8. The van der Waals surface area contributed by atoms with Gasteiger partial charge in [0.05, 0.1) is 0 Å². The third-order valence-electron chi connectivity index (χ3n) is 5.52. The summed E-state index contributed by atoms with van der Waals surface area (Å²) in [6.45, 7) is 0. The number of nitrogens with zero attached hydrogens (tertiary/aromatic N) is 1. The minimum absolute atomic E-state index is 0.147. The standard InChI is InChI=1S/C28H25ClN4O3/c29-21-10-12-23(13-11-21)31-28(36)32-25(18-9-20-6-2-1-3-7-20)27(35)30-22-14-16-24(17-15-22)33-19-5-4-8-26(33)34/h1-8,10-17,19,25H,9,18H2,(H,30,35)(H2,31,32,36). The Balaban J connectivity index is 1.45. The Morgan fingerprint density at radius 1 is 0.778 bits per heavy atom. The van der Waals surface area contributed by atoms with Crippen LogP contribution in [0.2, 0.25) is 5.02 Å². The summed E-state index contributed by atoms with van der Waals surface area (Å²) < 4.78 is 1.51. The lowest BCUT2D eigenvalue weighted by Gasteiger charge is -2.19. The van der Waals surface area contributed by atoms with Gasteiger partial charge < -0.3 is 16.0 Å². The van der Waals surface area contributed by atoms with E-state index in [1.807, 2.05) is 30.3 Å². The van der Waals surface area contributed by atoms with Crippen molar-refractivity contribution in [1.82, 2.24) is 9.88 Å². The number of rotatable bonds is 8. The number of aryl methyl sites for hydroxylation is 1. The zero-order chi connectivity index (χ0) is 25.3. The highest BCUT2D eigenvalue weighted by Gasteiger charge is 2.21. The number of pyridine rings is 1. The highest BCUT2D eigenvalue weighted by molar-refractivity contribution is 6.30. The molecule has 8 heteroatoms. The van der Waals surface area contributed by atoms with Crippen LogP contribution in [0.5, 0.6) is 0 Å². The van der Waals surface area contributed by atoms with Crippen LogP contribution >= 0.6 is 11.6 Å². The van der Waals surface area contributed by atoms with Gasteiger partial charge in [-0.2, -0.15) is 0 Å². The molecular formula is C28H25ClN4O3. The Hall–Kier alpha value is -4.36. The van der Waals surface area contributed by atoms with Crippen molar-refractivity contribution in [1.29, 1.82) is 0 Å². The third-order valence-corrected chi connectivity index (χ3v) is 5.78. The van der Waals surface area contributed by atoms with Crippen LogP contribution in [0.4, 0.5) is 16.2 Å². The topological polar surface area (TPSA) is 92.2 Å². The second kappa shape index (κ2) is 11.9. The van der Waals surface area contributed by atoms with Crippen LogP contribution < -0.4 is 21.5 Å². The fraction of sp³-hybridized carbons (Fsp3) is 0.107. The van der Waals surface area contributed by atoms with Gasteiger partial charge in [0.2, 0.25) is 5.91 Å². The zero-order valence-electron chi connectivity index (χ0n) is 19.4. The van der Waals surface area contributed by atoms with Crippen LogP contribution in [0.25, 0.3) is 5.69 Å². The monoisotopic (exact) mass is 500 g/mol. The summed E-state index contributed by atoms with van der Waals surface area (Å²) in [6, 6.07) is 27.0. The molecule has 1 atom stereocenters. The van der Waals surface area contributed by atoms with Crippen LogP contribution in [-0.4, -0.2) is 22.5 Å². The second-order valence-corrected chi connectivity index (χ2v) is 8.56. The van der Waals surface area contributed by atoms with Crippen molar-refractivity contribution in [2.24, 2.45) is 0 Å². The molecule has 3 aromatic carbocycles. The first kappa shape index (κ1) is 24.8. The smallest absolute Gasteiger partial charge is 0.319 e. The van der Waals surface area contributed by atoms with Gasteiger partial charge in [-0.1, -0.05) is 48.0 Å². The van der Waals surface area contributed by atoms with Gasteiger partial charge in [0, 0.05) is 34.3 Å². The molecule has 4 aromatic rings. The fourth-order valence-corrected chi connectivity index (χ4v) is 3.78. The number of aromatic nitrogens is 1. The van der Waals surface area contributed by atoms with E-state index in [2.05, 4.69) is 16.0 Å². The zero-order valence-corrected chi connectivity index (χ0v) is 20.1. The van der Waals surface area contributed by atoms with Gasteiger partial charge in [-0.25, -0.2) is 4.79 Å². The predicted octanol–water partition coefficient (Wildman–Crippen LogP) is 5.25. The maximum absolute atomic E-state index is 13.1. The van der Waals surface area contributed by atoms with E-state index in [1.54, 1.807) is 66.9 Å². The van der Waals surface area contributed by atoms with E-state index in [9.17, 15) is 14.4 Å². The van der Waals surface area contributed by atoms with Crippen LogP contribution in [0.15, 0.2) is 108 Å². The van der Waals surface area contributed by atoms with E-state index in [-0.39, 0.29) is 11.5 Å². The molecule has 0 aliphatic rings. The van der Waals surface area contributed by atoms with Crippen molar-refractivity contribution in [3.8, 4) is 5.69 Å². The lowest BCUT2D eigenvalue weighted by Crippen LogP contribution is -2.45. The minimum Gasteiger partial charge on any atom is -0.326 e. The number of anilines is 2. The minimum atomic E-state index is -0.783. The van der Waals surface area contributed by atoms with Crippen LogP contribution in [0.3, 0.4) is 0 Å². The maximum Gasteiger partial charge on any atom is 0.319 e. The van der Waals surface area contributed by atoms with Gasteiger partial charge in [0.25, 0.3) is 5.56 Å². The third kappa shape index (κ3) is 6.84. The SMILES string of the molecule is O=C(Nc1ccc(Cl)cc1)NC(CCc1ccccc1)C(=O)Nc1ccc(-n2ccccc2=O)cc1. The Morgan fingerprint density at radius 3 is 2.11 bits per heavy atom. The average molecular weight is 501 g/mol. The van der Waals surface area contributed by atoms with Gasteiger partial charge in [0.1, 0.15) is 6.04 Å².